The average Bonchev–Trinajstić information content (AvgIpc) is 2.87. The maximum Gasteiger partial charge on any atom is 0.416 e. The zero-order chi connectivity index (χ0) is 25.9. The zero-order valence-electron chi connectivity index (χ0n) is 20.4. The Morgan fingerprint density at radius 2 is 1.67 bits per heavy atom. The molecule has 2 N–H and O–H groups in total. The van der Waals surface area contributed by atoms with Gasteiger partial charge in [-0.1, -0.05) is 37.5 Å². The highest BCUT2D eigenvalue weighted by atomic mass is 19.4. The molecule has 2 fully saturated rings. The summed E-state index contributed by atoms with van der Waals surface area (Å²) >= 11 is 0. The predicted octanol–water partition coefficient (Wildman–Crippen LogP) is 5.46. The van der Waals surface area contributed by atoms with Crippen LogP contribution in [0.5, 0.6) is 5.75 Å². The van der Waals surface area contributed by atoms with Crippen molar-refractivity contribution in [1.29, 1.82) is 0 Å². The molecule has 2 aromatic rings. The SMILES string of the molecule is COc1ccc(C(CN2CCN(C(=O)O)CC2)C2(O)CCCCC2)cc1-c1ccc(C(F)(F)F)cc1. The van der Waals surface area contributed by atoms with Crippen LogP contribution in [0.1, 0.15) is 49.1 Å². The van der Waals surface area contributed by atoms with Gasteiger partial charge in [-0.2, -0.15) is 13.2 Å². The number of nitrogens with zero attached hydrogens (tertiary/aromatic N) is 2. The van der Waals surface area contributed by atoms with Crippen LogP contribution in [0.4, 0.5) is 18.0 Å². The number of carbonyl (C=O) groups is 1. The molecule has 1 atom stereocenters. The zero-order valence-corrected chi connectivity index (χ0v) is 20.4. The van der Waals surface area contributed by atoms with Gasteiger partial charge in [0.05, 0.1) is 18.3 Å². The van der Waals surface area contributed by atoms with Crippen molar-refractivity contribution < 1.29 is 32.9 Å². The van der Waals surface area contributed by atoms with Gasteiger partial charge in [-0.15, -0.1) is 0 Å². The number of hydrogen-bond donors (Lipinski definition) is 2. The number of hydrogen-bond acceptors (Lipinski definition) is 4. The molecule has 1 aliphatic heterocycles. The number of benzene rings is 2. The first kappa shape index (κ1) is 26.3. The number of alkyl halides is 3. The molecule has 9 heteroatoms. The summed E-state index contributed by atoms with van der Waals surface area (Å²) < 4.78 is 44.8. The summed E-state index contributed by atoms with van der Waals surface area (Å²) in [7, 11) is 1.52. The summed E-state index contributed by atoms with van der Waals surface area (Å²) in [5, 5.41) is 21.1. The quantitative estimate of drug-likeness (QED) is 0.545. The Kier molecular flexibility index (Phi) is 7.80. The molecule has 2 aliphatic rings. The fourth-order valence-electron chi connectivity index (χ4n) is 5.48. The highest BCUT2D eigenvalue weighted by Gasteiger charge is 2.40. The minimum atomic E-state index is -4.41. The van der Waals surface area contributed by atoms with Crippen molar-refractivity contribution in [2.45, 2.75) is 49.8 Å². The number of carboxylic acid groups (broad SMARTS) is 1. The van der Waals surface area contributed by atoms with Crippen molar-refractivity contribution in [2.75, 3.05) is 39.8 Å². The van der Waals surface area contributed by atoms with Gasteiger partial charge in [0.25, 0.3) is 0 Å². The predicted molar refractivity (Wildman–Crippen MR) is 130 cm³/mol. The normalized spacial score (nSPS) is 19.6. The van der Waals surface area contributed by atoms with Gasteiger partial charge < -0.3 is 19.8 Å². The first-order valence-corrected chi connectivity index (χ1v) is 12.4. The minimum absolute atomic E-state index is 0.228. The molecule has 1 heterocycles. The molecule has 6 nitrogen and oxygen atoms in total. The second-order valence-corrected chi connectivity index (χ2v) is 9.82. The molecule has 36 heavy (non-hydrogen) atoms. The molecule has 0 spiro atoms. The van der Waals surface area contributed by atoms with Gasteiger partial charge >= 0.3 is 12.3 Å². The number of ether oxygens (including phenoxy) is 1. The molecule has 0 bridgehead atoms. The maximum absolute atomic E-state index is 13.1. The van der Waals surface area contributed by atoms with E-state index in [1.807, 2.05) is 18.2 Å². The lowest BCUT2D eigenvalue weighted by Crippen LogP contribution is -2.51. The van der Waals surface area contributed by atoms with Crippen LogP contribution < -0.4 is 4.74 Å². The Morgan fingerprint density at radius 1 is 1.03 bits per heavy atom. The van der Waals surface area contributed by atoms with Gasteiger partial charge in [-0.25, -0.2) is 4.79 Å². The Balaban J connectivity index is 1.67. The van der Waals surface area contributed by atoms with Crippen molar-refractivity contribution in [3.63, 3.8) is 0 Å². The van der Waals surface area contributed by atoms with E-state index in [0.717, 1.165) is 37.0 Å². The second kappa shape index (κ2) is 10.7. The van der Waals surface area contributed by atoms with Crippen LogP contribution in [0.3, 0.4) is 0 Å². The summed E-state index contributed by atoms with van der Waals surface area (Å²) in [5.74, 6) is 0.316. The Labute approximate surface area is 209 Å². The van der Waals surface area contributed by atoms with Gasteiger partial charge in [0.1, 0.15) is 5.75 Å². The highest BCUT2D eigenvalue weighted by Crippen LogP contribution is 2.43. The van der Waals surface area contributed by atoms with E-state index in [4.69, 9.17) is 4.74 Å². The molecular formula is C27H33F3N2O4. The molecule has 0 radical (unpaired) electrons. The van der Waals surface area contributed by atoms with Crippen LogP contribution in [-0.2, 0) is 6.18 Å². The number of piperazine rings is 1. The van der Waals surface area contributed by atoms with E-state index in [0.29, 0.717) is 62.4 Å². The van der Waals surface area contributed by atoms with Crippen molar-refractivity contribution in [3.05, 3.63) is 53.6 Å². The molecule has 1 unspecified atom stereocenters. The highest BCUT2D eigenvalue weighted by molar-refractivity contribution is 5.72. The standard InChI is InChI=1S/C27H33F3N2O4/c1-36-24-10-7-20(17-22(24)19-5-8-21(9-6-19)27(28,29)30)23(26(35)11-3-2-4-12-26)18-31-13-15-32(16-14-31)25(33)34/h5-10,17,23,35H,2-4,11-16,18H2,1H3,(H,33,34). The smallest absolute Gasteiger partial charge is 0.416 e. The number of aliphatic hydroxyl groups is 1. The van der Waals surface area contributed by atoms with Gasteiger partial charge in [-0.3, -0.25) is 4.90 Å². The van der Waals surface area contributed by atoms with Crippen molar-refractivity contribution in [2.24, 2.45) is 0 Å². The third-order valence-electron chi connectivity index (χ3n) is 7.60. The van der Waals surface area contributed by atoms with Crippen molar-refractivity contribution in [3.8, 4) is 16.9 Å². The maximum atomic E-state index is 13.1. The minimum Gasteiger partial charge on any atom is -0.496 e. The third-order valence-corrected chi connectivity index (χ3v) is 7.60. The second-order valence-electron chi connectivity index (χ2n) is 9.82. The summed E-state index contributed by atoms with van der Waals surface area (Å²) in [4.78, 5) is 14.9. The molecule has 2 aromatic carbocycles. The number of halogens is 3. The van der Waals surface area contributed by atoms with E-state index in [9.17, 15) is 28.2 Å². The van der Waals surface area contributed by atoms with Crippen molar-refractivity contribution >= 4 is 6.09 Å². The van der Waals surface area contributed by atoms with E-state index >= 15 is 0 Å². The lowest BCUT2D eigenvalue weighted by Gasteiger charge is -2.43. The van der Waals surface area contributed by atoms with Crippen LogP contribution in [0.2, 0.25) is 0 Å². The molecular weight excluding hydrogens is 473 g/mol. The summed E-state index contributed by atoms with van der Waals surface area (Å²) in [6.07, 6.45) is -1.05. The first-order valence-electron chi connectivity index (χ1n) is 12.4. The third kappa shape index (κ3) is 5.78. The van der Waals surface area contributed by atoms with Gasteiger partial charge in [-0.05, 0) is 48.2 Å². The Bertz CT molecular complexity index is 1040. The summed E-state index contributed by atoms with van der Waals surface area (Å²) in [6.45, 7) is 2.57. The molecule has 4 rings (SSSR count). The molecule has 0 aromatic heterocycles. The topological polar surface area (TPSA) is 73.2 Å². The molecule has 1 amide bonds. The lowest BCUT2D eigenvalue weighted by molar-refractivity contribution is -0.137. The number of methoxy groups -OCH3 is 1. The monoisotopic (exact) mass is 506 g/mol. The summed E-state index contributed by atoms with van der Waals surface area (Å²) in [6, 6.07) is 10.7. The first-order chi connectivity index (χ1) is 17.1. The fraction of sp³-hybridized carbons (Fsp3) is 0.519. The van der Waals surface area contributed by atoms with E-state index in [-0.39, 0.29) is 5.92 Å². The number of amides is 1. The van der Waals surface area contributed by atoms with Crippen LogP contribution in [0.25, 0.3) is 11.1 Å². The Morgan fingerprint density at radius 3 is 2.22 bits per heavy atom. The Hall–Kier alpha value is -2.78. The van der Waals surface area contributed by atoms with Crippen LogP contribution in [0.15, 0.2) is 42.5 Å². The molecule has 196 valence electrons. The van der Waals surface area contributed by atoms with E-state index in [1.54, 1.807) is 0 Å². The van der Waals surface area contributed by atoms with Gasteiger partial charge in [0.2, 0.25) is 0 Å². The lowest BCUT2D eigenvalue weighted by atomic mass is 9.72. The number of rotatable bonds is 6. The van der Waals surface area contributed by atoms with Crippen LogP contribution in [0, 0.1) is 0 Å². The van der Waals surface area contributed by atoms with Crippen molar-refractivity contribution in [1.82, 2.24) is 9.80 Å². The van der Waals surface area contributed by atoms with Crippen LogP contribution >= 0.6 is 0 Å². The largest absolute Gasteiger partial charge is 0.496 e. The molecule has 1 aliphatic carbocycles. The van der Waals surface area contributed by atoms with Gasteiger partial charge in [0, 0.05) is 44.2 Å². The molecule has 1 saturated heterocycles. The van der Waals surface area contributed by atoms with Crippen LogP contribution in [-0.4, -0.2) is 71.5 Å². The average molecular weight is 507 g/mol. The van der Waals surface area contributed by atoms with Gasteiger partial charge in [0.15, 0.2) is 0 Å². The van der Waals surface area contributed by atoms with E-state index in [1.165, 1.54) is 24.1 Å². The summed E-state index contributed by atoms with van der Waals surface area (Å²) in [5.41, 5.74) is 0.552. The molecule has 1 saturated carbocycles. The van der Waals surface area contributed by atoms with E-state index < -0.39 is 23.4 Å². The fourth-order valence-corrected chi connectivity index (χ4v) is 5.48. The van der Waals surface area contributed by atoms with E-state index in [2.05, 4.69) is 4.90 Å².